The largest absolute Gasteiger partial charge is 0.352 e. The fourth-order valence-corrected chi connectivity index (χ4v) is 4.09. The Bertz CT molecular complexity index is 839. The normalized spacial score (nSPS) is 11.9. The molecule has 0 aliphatic carbocycles. The summed E-state index contributed by atoms with van der Waals surface area (Å²) < 4.78 is 13.3. The molecule has 0 aliphatic rings. The van der Waals surface area contributed by atoms with Crippen LogP contribution >= 0.6 is 11.8 Å². The van der Waals surface area contributed by atoms with Gasteiger partial charge in [-0.05, 0) is 50.5 Å². The number of hydrogen-bond acceptors (Lipinski definition) is 3. The van der Waals surface area contributed by atoms with Crippen LogP contribution in [0.5, 0.6) is 0 Å². The summed E-state index contributed by atoms with van der Waals surface area (Å²) in [6.07, 6.45) is 0.508. The van der Waals surface area contributed by atoms with Crippen LogP contribution in [-0.4, -0.2) is 34.6 Å². The highest BCUT2D eigenvalue weighted by Crippen LogP contribution is 2.18. The molecule has 2 aromatic rings. The topological polar surface area (TPSA) is 49.4 Å². The van der Waals surface area contributed by atoms with E-state index < -0.39 is 6.04 Å². The van der Waals surface area contributed by atoms with E-state index in [1.165, 1.54) is 35.0 Å². The maximum atomic E-state index is 13.3. The number of thioether (sulfide) groups is 1. The molecule has 0 bridgehead atoms. The van der Waals surface area contributed by atoms with Crippen molar-refractivity contribution in [3.8, 4) is 0 Å². The predicted molar refractivity (Wildman–Crippen MR) is 122 cm³/mol. The van der Waals surface area contributed by atoms with Gasteiger partial charge in [0.1, 0.15) is 11.9 Å². The second-order valence-corrected chi connectivity index (χ2v) is 8.70. The zero-order valence-corrected chi connectivity index (χ0v) is 19.0. The fraction of sp³-hybridized carbons (Fsp3) is 0.417. The Morgan fingerprint density at radius 1 is 1.10 bits per heavy atom. The van der Waals surface area contributed by atoms with Crippen LogP contribution in [0.3, 0.4) is 0 Å². The van der Waals surface area contributed by atoms with E-state index in [0.717, 1.165) is 11.3 Å². The van der Waals surface area contributed by atoms with Crippen molar-refractivity contribution in [2.24, 2.45) is 0 Å². The third kappa shape index (κ3) is 7.48. The minimum atomic E-state index is -0.565. The molecule has 2 amide bonds. The van der Waals surface area contributed by atoms with Gasteiger partial charge in [-0.3, -0.25) is 9.59 Å². The number of carbonyl (C=O) groups excluding carboxylic acids is 2. The Morgan fingerprint density at radius 2 is 1.80 bits per heavy atom. The second kappa shape index (κ2) is 11.7. The van der Waals surface area contributed by atoms with Crippen molar-refractivity contribution in [2.45, 2.75) is 58.5 Å². The molecule has 0 unspecified atom stereocenters. The van der Waals surface area contributed by atoms with Crippen LogP contribution < -0.4 is 5.32 Å². The fourth-order valence-electron chi connectivity index (χ4n) is 3.23. The molecular formula is C24H31FN2O2S. The van der Waals surface area contributed by atoms with Crippen LogP contribution in [0.4, 0.5) is 4.39 Å². The van der Waals surface area contributed by atoms with E-state index >= 15 is 0 Å². The van der Waals surface area contributed by atoms with Gasteiger partial charge in [-0.2, -0.15) is 0 Å². The van der Waals surface area contributed by atoms with Crippen LogP contribution in [0, 0.1) is 12.7 Å². The van der Waals surface area contributed by atoms with Crippen molar-refractivity contribution >= 4 is 23.6 Å². The zero-order chi connectivity index (χ0) is 22.1. The first-order valence-corrected chi connectivity index (χ1v) is 11.4. The number of amides is 2. The molecule has 0 aliphatic heterocycles. The van der Waals surface area contributed by atoms with E-state index in [2.05, 4.69) is 11.4 Å². The SMILES string of the molecule is CC[C@@H](C(=O)NC(C)C)N(Cc1ccc(F)cc1)C(=O)CSCc1cccc(C)c1. The molecule has 0 saturated heterocycles. The summed E-state index contributed by atoms with van der Waals surface area (Å²) in [7, 11) is 0. The van der Waals surface area contributed by atoms with Gasteiger partial charge in [-0.1, -0.05) is 48.9 Å². The molecule has 2 rings (SSSR count). The van der Waals surface area contributed by atoms with Crippen molar-refractivity contribution in [2.75, 3.05) is 5.75 Å². The van der Waals surface area contributed by atoms with E-state index in [9.17, 15) is 14.0 Å². The first-order valence-electron chi connectivity index (χ1n) is 10.3. The predicted octanol–water partition coefficient (Wildman–Crippen LogP) is 4.70. The van der Waals surface area contributed by atoms with Gasteiger partial charge in [0, 0.05) is 18.3 Å². The van der Waals surface area contributed by atoms with E-state index in [0.29, 0.717) is 6.42 Å². The lowest BCUT2D eigenvalue weighted by Crippen LogP contribution is -2.50. The molecule has 0 aromatic heterocycles. The smallest absolute Gasteiger partial charge is 0.243 e. The summed E-state index contributed by atoms with van der Waals surface area (Å²) in [6, 6.07) is 13.7. The van der Waals surface area contributed by atoms with E-state index in [-0.39, 0.29) is 36.0 Å². The minimum absolute atomic E-state index is 0.00924. The number of hydrogen-bond donors (Lipinski definition) is 1. The zero-order valence-electron chi connectivity index (χ0n) is 18.2. The molecule has 0 heterocycles. The van der Waals surface area contributed by atoms with Gasteiger partial charge in [0.15, 0.2) is 0 Å². The van der Waals surface area contributed by atoms with E-state index in [1.807, 2.05) is 45.9 Å². The monoisotopic (exact) mass is 430 g/mol. The molecular weight excluding hydrogens is 399 g/mol. The number of rotatable bonds is 10. The Morgan fingerprint density at radius 3 is 2.40 bits per heavy atom. The van der Waals surface area contributed by atoms with Gasteiger partial charge < -0.3 is 10.2 Å². The lowest BCUT2D eigenvalue weighted by atomic mass is 10.1. The van der Waals surface area contributed by atoms with Gasteiger partial charge in [0.25, 0.3) is 0 Å². The highest BCUT2D eigenvalue weighted by atomic mass is 32.2. The van der Waals surface area contributed by atoms with Crippen LogP contribution in [-0.2, 0) is 21.9 Å². The van der Waals surface area contributed by atoms with Crippen molar-refractivity contribution in [3.05, 3.63) is 71.0 Å². The highest BCUT2D eigenvalue weighted by molar-refractivity contribution is 7.99. The molecule has 162 valence electrons. The first-order chi connectivity index (χ1) is 14.3. The number of aryl methyl sites for hydroxylation is 1. The molecule has 4 nitrogen and oxygen atoms in total. The van der Waals surface area contributed by atoms with Crippen LogP contribution in [0.1, 0.15) is 43.9 Å². The Balaban J connectivity index is 2.12. The molecule has 0 radical (unpaired) electrons. The third-order valence-corrected chi connectivity index (χ3v) is 5.65. The molecule has 0 spiro atoms. The van der Waals surface area contributed by atoms with Gasteiger partial charge in [0.2, 0.25) is 11.8 Å². The van der Waals surface area contributed by atoms with E-state index in [4.69, 9.17) is 0 Å². The molecule has 1 N–H and O–H groups in total. The van der Waals surface area contributed by atoms with Crippen molar-refractivity contribution in [3.63, 3.8) is 0 Å². The highest BCUT2D eigenvalue weighted by Gasteiger charge is 2.28. The molecule has 0 saturated carbocycles. The maximum Gasteiger partial charge on any atom is 0.243 e. The summed E-state index contributed by atoms with van der Waals surface area (Å²) in [5.74, 6) is 0.428. The van der Waals surface area contributed by atoms with Crippen molar-refractivity contribution in [1.82, 2.24) is 10.2 Å². The van der Waals surface area contributed by atoms with Crippen LogP contribution in [0.15, 0.2) is 48.5 Å². The Labute approximate surface area is 183 Å². The summed E-state index contributed by atoms with van der Waals surface area (Å²) in [6.45, 7) is 8.01. The Kier molecular flexibility index (Phi) is 9.37. The van der Waals surface area contributed by atoms with Crippen molar-refractivity contribution < 1.29 is 14.0 Å². The minimum Gasteiger partial charge on any atom is -0.352 e. The molecule has 30 heavy (non-hydrogen) atoms. The number of nitrogens with one attached hydrogen (secondary N) is 1. The van der Waals surface area contributed by atoms with Gasteiger partial charge in [-0.25, -0.2) is 4.39 Å². The lowest BCUT2D eigenvalue weighted by Gasteiger charge is -2.31. The molecule has 2 aromatic carbocycles. The first kappa shape index (κ1) is 23.9. The summed E-state index contributed by atoms with van der Waals surface area (Å²) >= 11 is 1.54. The third-order valence-electron chi connectivity index (χ3n) is 4.66. The average Bonchev–Trinajstić information content (AvgIpc) is 2.68. The Hall–Kier alpha value is -2.34. The number of nitrogens with zero attached hydrogens (tertiary/aromatic N) is 1. The van der Waals surface area contributed by atoms with Crippen LogP contribution in [0.2, 0.25) is 0 Å². The maximum absolute atomic E-state index is 13.3. The van der Waals surface area contributed by atoms with Gasteiger partial charge in [0.05, 0.1) is 5.75 Å². The second-order valence-electron chi connectivity index (χ2n) is 7.72. The van der Waals surface area contributed by atoms with Gasteiger partial charge >= 0.3 is 0 Å². The summed E-state index contributed by atoms with van der Waals surface area (Å²) in [5, 5.41) is 2.91. The quantitative estimate of drug-likeness (QED) is 0.594. The van der Waals surface area contributed by atoms with Crippen LogP contribution in [0.25, 0.3) is 0 Å². The number of carbonyl (C=O) groups is 2. The number of halogens is 1. The summed E-state index contributed by atoms with van der Waals surface area (Å²) in [5.41, 5.74) is 3.15. The molecule has 0 fully saturated rings. The average molecular weight is 431 g/mol. The molecule has 1 atom stereocenters. The summed E-state index contributed by atoms with van der Waals surface area (Å²) in [4.78, 5) is 27.5. The van der Waals surface area contributed by atoms with Gasteiger partial charge in [-0.15, -0.1) is 11.8 Å². The molecule has 6 heteroatoms. The standard InChI is InChI=1S/C24H31FN2O2S/c1-5-22(24(29)26-17(2)3)27(14-19-9-11-21(25)12-10-19)23(28)16-30-15-20-8-6-7-18(4)13-20/h6-13,17,22H,5,14-16H2,1-4H3,(H,26,29)/t22-/m0/s1. The lowest BCUT2D eigenvalue weighted by molar-refractivity contribution is -0.139. The van der Waals surface area contributed by atoms with E-state index in [1.54, 1.807) is 17.0 Å². The van der Waals surface area contributed by atoms with Crippen molar-refractivity contribution in [1.29, 1.82) is 0 Å². The number of benzene rings is 2.